The minimum atomic E-state index is -0.770. The van der Waals surface area contributed by atoms with Crippen LogP contribution >= 0.6 is 0 Å². The fourth-order valence-corrected chi connectivity index (χ4v) is 3.91. The zero-order valence-corrected chi connectivity index (χ0v) is 12.5. The van der Waals surface area contributed by atoms with Gasteiger partial charge in [-0.15, -0.1) is 0 Å². The quantitative estimate of drug-likeness (QED) is 0.774. The molecular weight excluding hydrogens is 256 g/mol. The molecule has 2 N–H and O–H groups in total. The van der Waals surface area contributed by atoms with Crippen LogP contribution in [-0.2, 0) is 9.59 Å². The van der Waals surface area contributed by atoms with Crippen molar-refractivity contribution >= 4 is 11.9 Å². The van der Waals surface area contributed by atoms with Crippen molar-refractivity contribution in [2.75, 3.05) is 13.1 Å². The summed E-state index contributed by atoms with van der Waals surface area (Å²) < 4.78 is 0. The zero-order valence-electron chi connectivity index (χ0n) is 12.5. The van der Waals surface area contributed by atoms with Crippen molar-refractivity contribution in [1.82, 2.24) is 10.2 Å². The summed E-state index contributed by atoms with van der Waals surface area (Å²) >= 11 is 0. The number of rotatable bonds is 6. The average molecular weight is 282 g/mol. The molecule has 5 nitrogen and oxygen atoms in total. The number of carboxylic acid groups (broad SMARTS) is 1. The summed E-state index contributed by atoms with van der Waals surface area (Å²) in [4.78, 5) is 25.4. The van der Waals surface area contributed by atoms with Crippen LogP contribution in [0.3, 0.4) is 0 Å². The van der Waals surface area contributed by atoms with Crippen molar-refractivity contribution in [2.24, 2.45) is 11.8 Å². The van der Waals surface area contributed by atoms with Crippen LogP contribution in [0.4, 0.5) is 0 Å². The van der Waals surface area contributed by atoms with Crippen LogP contribution in [0, 0.1) is 11.8 Å². The van der Waals surface area contributed by atoms with E-state index in [0.717, 1.165) is 38.6 Å². The molecule has 1 aliphatic heterocycles. The third kappa shape index (κ3) is 3.32. The van der Waals surface area contributed by atoms with E-state index in [0.29, 0.717) is 5.92 Å². The van der Waals surface area contributed by atoms with Gasteiger partial charge in [0, 0.05) is 12.6 Å². The van der Waals surface area contributed by atoms with Gasteiger partial charge in [-0.05, 0) is 38.0 Å². The Kier molecular flexibility index (Phi) is 5.02. The molecule has 4 atom stereocenters. The van der Waals surface area contributed by atoms with Crippen LogP contribution in [0.5, 0.6) is 0 Å². The SMILES string of the molecule is CCCC(C)NC(=O)CN1CC2CCCC2C1C(=O)O. The maximum atomic E-state index is 12.0. The van der Waals surface area contributed by atoms with Gasteiger partial charge in [0.2, 0.25) is 5.91 Å². The second kappa shape index (κ2) is 6.57. The van der Waals surface area contributed by atoms with Crippen LogP contribution in [0.2, 0.25) is 0 Å². The highest BCUT2D eigenvalue weighted by molar-refractivity contribution is 5.80. The average Bonchev–Trinajstić information content (AvgIpc) is 2.87. The highest BCUT2D eigenvalue weighted by atomic mass is 16.4. The standard InChI is InChI=1S/C15H26N2O3/c1-3-5-10(2)16-13(18)9-17-8-11-6-4-7-12(11)14(17)15(19)20/h10-12,14H,3-9H2,1-2H3,(H,16,18)(H,19,20). The Labute approximate surface area is 120 Å². The molecule has 1 amide bonds. The zero-order chi connectivity index (χ0) is 14.7. The lowest BCUT2D eigenvalue weighted by Crippen LogP contribution is -2.46. The Morgan fingerprint density at radius 3 is 2.80 bits per heavy atom. The Morgan fingerprint density at radius 1 is 1.40 bits per heavy atom. The lowest BCUT2D eigenvalue weighted by atomic mass is 9.94. The Hall–Kier alpha value is -1.10. The van der Waals surface area contributed by atoms with Gasteiger partial charge in [0.1, 0.15) is 6.04 Å². The van der Waals surface area contributed by atoms with Gasteiger partial charge >= 0.3 is 5.97 Å². The second-order valence-corrected chi connectivity index (χ2v) is 6.32. The summed E-state index contributed by atoms with van der Waals surface area (Å²) in [6.45, 7) is 5.06. The smallest absolute Gasteiger partial charge is 0.321 e. The molecule has 0 radical (unpaired) electrons. The summed E-state index contributed by atoms with van der Waals surface area (Å²) in [5.74, 6) is -0.101. The molecule has 0 aromatic carbocycles. The van der Waals surface area contributed by atoms with Crippen LogP contribution in [0.25, 0.3) is 0 Å². The molecular formula is C15H26N2O3. The lowest BCUT2D eigenvalue weighted by molar-refractivity contribution is -0.144. The van der Waals surface area contributed by atoms with Gasteiger partial charge in [0.15, 0.2) is 0 Å². The number of nitrogens with one attached hydrogen (secondary N) is 1. The van der Waals surface area contributed by atoms with E-state index in [2.05, 4.69) is 12.2 Å². The molecule has 1 saturated heterocycles. The van der Waals surface area contributed by atoms with Gasteiger partial charge < -0.3 is 10.4 Å². The fourth-order valence-electron chi connectivity index (χ4n) is 3.91. The van der Waals surface area contributed by atoms with E-state index in [9.17, 15) is 14.7 Å². The van der Waals surface area contributed by atoms with Gasteiger partial charge in [-0.1, -0.05) is 19.8 Å². The summed E-state index contributed by atoms with van der Waals surface area (Å²) in [6, 6.07) is -0.299. The summed E-state index contributed by atoms with van der Waals surface area (Å²) in [5.41, 5.74) is 0. The van der Waals surface area contributed by atoms with Gasteiger partial charge in [-0.2, -0.15) is 0 Å². The number of nitrogens with zero attached hydrogens (tertiary/aromatic N) is 1. The third-order valence-electron chi connectivity index (χ3n) is 4.71. The number of aliphatic carboxylic acids is 1. The van der Waals surface area contributed by atoms with E-state index in [1.54, 1.807) is 0 Å². The minimum absolute atomic E-state index is 0.0443. The highest BCUT2D eigenvalue weighted by Crippen LogP contribution is 2.42. The number of likely N-dealkylation sites (tertiary alicyclic amines) is 1. The molecule has 2 fully saturated rings. The van der Waals surface area contributed by atoms with Crippen molar-refractivity contribution in [2.45, 2.75) is 58.0 Å². The van der Waals surface area contributed by atoms with Crippen molar-refractivity contribution in [3.05, 3.63) is 0 Å². The molecule has 20 heavy (non-hydrogen) atoms. The van der Waals surface area contributed by atoms with E-state index >= 15 is 0 Å². The molecule has 5 heteroatoms. The maximum Gasteiger partial charge on any atom is 0.321 e. The molecule has 0 bridgehead atoms. The van der Waals surface area contributed by atoms with Crippen molar-refractivity contribution < 1.29 is 14.7 Å². The molecule has 0 aromatic rings. The number of fused-ring (bicyclic) bond motifs is 1. The van der Waals surface area contributed by atoms with Gasteiger partial charge in [0.25, 0.3) is 0 Å². The molecule has 2 rings (SSSR count). The van der Waals surface area contributed by atoms with Crippen LogP contribution in [0.15, 0.2) is 0 Å². The normalized spacial score (nSPS) is 31.0. The Morgan fingerprint density at radius 2 is 2.15 bits per heavy atom. The van der Waals surface area contributed by atoms with E-state index in [4.69, 9.17) is 0 Å². The van der Waals surface area contributed by atoms with Crippen molar-refractivity contribution in [3.8, 4) is 0 Å². The monoisotopic (exact) mass is 282 g/mol. The molecule has 4 unspecified atom stereocenters. The van der Waals surface area contributed by atoms with E-state index in [1.807, 2.05) is 11.8 Å². The maximum absolute atomic E-state index is 12.0. The Bertz CT molecular complexity index is 372. The lowest BCUT2D eigenvalue weighted by Gasteiger charge is -2.24. The third-order valence-corrected chi connectivity index (χ3v) is 4.71. The molecule has 1 aliphatic carbocycles. The largest absolute Gasteiger partial charge is 0.480 e. The first-order valence-electron chi connectivity index (χ1n) is 7.79. The first-order chi connectivity index (χ1) is 9.52. The topological polar surface area (TPSA) is 69.6 Å². The van der Waals surface area contributed by atoms with E-state index in [-0.39, 0.29) is 24.4 Å². The number of hydrogen-bond donors (Lipinski definition) is 2. The van der Waals surface area contributed by atoms with E-state index < -0.39 is 12.0 Å². The predicted molar refractivity (Wildman–Crippen MR) is 76.3 cm³/mol. The predicted octanol–water partition coefficient (Wildman–Crippen LogP) is 1.48. The summed E-state index contributed by atoms with van der Waals surface area (Å²) in [5, 5.41) is 12.4. The highest BCUT2D eigenvalue weighted by Gasteiger charge is 2.47. The van der Waals surface area contributed by atoms with Crippen LogP contribution in [0.1, 0.15) is 46.0 Å². The first-order valence-corrected chi connectivity index (χ1v) is 7.79. The van der Waals surface area contributed by atoms with E-state index in [1.165, 1.54) is 0 Å². The summed E-state index contributed by atoms with van der Waals surface area (Å²) in [7, 11) is 0. The molecule has 1 saturated carbocycles. The fraction of sp³-hybridized carbons (Fsp3) is 0.867. The number of carbonyl (C=O) groups is 2. The number of carboxylic acids is 1. The van der Waals surface area contributed by atoms with Crippen LogP contribution < -0.4 is 5.32 Å². The number of amides is 1. The van der Waals surface area contributed by atoms with Gasteiger partial charge in [0.05, 0.1) is 6.54 Å². The number of carbonyl (C=O) groups excluding carboxylic acids is 1. The Balaban J connectivity index is 1.91. The first kappa shape index (κ1) is 15.3. The molecule has 1 heterocycles. The second-order valence-electron chi connectivity index (χ2n) is 6.32. The molecule has 0 aromatic heterocycles. The van der Waals surface area contributed by atoms with Gasteiger partial charge in [-0.3, -0.25) is 14.5 Å². The van der Waals surface area contributed by atoms with Crippen LogP contribution in [-0.4, -0.2) is 47.1 Å². The minimum Gasteiger partial charge on any atom is -0.480 e. The van der Waals surface area contributed by atoms with Crippen molar-refractivity contribution in [3.63, 3.8) is 0 Å². The van der Waals surface area contributed by atoms with Gasteiger partial charge in [-0.25, -0.2) is 0 Å². The molecule has 2 aliphatic rings. The number of hydrogen-bond acceptors (Lipinski definition) is 3. The van der Waals surface area contributed by atoms with Crippen molar-refractivity contribution in [1.29, 1.82) is 0 Å². The summed E-state index contributed by atoms with van der Waals surface area (Å²) in [6.07, 6.45) is 5.23. The molecule has 0 spiro atoms. The molecule has 114 valence electrons.